The highest BCUT2D eigenvalue weighted by Crippen LogP contribution is 2.23. The van der Waals surface area contributed by atoms with E-state index in [0.717, 1.165) is 11.8 Å². The van der Waals surface area contributed by atoms with Crippen LogP contribution in [0.1, 0.15) is 28.9 Å². The molecule has 0 aliphatic rings. The average molecular weight is 273 g/mol. The van der Waals surface area contributed by atoms with Crippen molar-refractivity contribution in [3.05, 3.63) is 59.7 Å². The van der Waals surface area contributed by atoms with E-state index in [1.54, 1.807) is 6.07 Å². The van der Waals surface area contributed by atoms with Gasteiger partial charge in [-0.05, 0) is 31.7 Å². The maximum atomic E-state index is 13.5. The van der Waals surface area contributed by atoms with Gasteiger partial charge >= 0.3 is 0 Å². The van der Waals surface area contributed by atoms with Crippen LogP contribution in [0, 0.1) is 5.82 Å². The first-order valence-electron chi connectivity index (χ1n) is 6.30. The summed E-state index contributed by atoms with van der Waals surface area (Å²) in [5.74, 6) is -1.12. The molecular formula is C15H16FN3O. The summed E-state index contributed by atoms with van der Waals surface area (Å²) in [6.45, 7) is 1.98. The fourth-order valence-electron chi connectivity index (χ4n) is 1.89. The lowest BCUT2D eigenvalue weighted by molar-refractivity contribution is 0.102. The molecule has 2 aromatic rings. The number of para-hydroxylation sites is 1. The molecule has 1 aromatic heterocycles. The molecule has 1 unspecified atom stereocenters. The molecule has 0 saturated carbocycles. The minimum atomic E-state index is -0.635. The van der Waals surface area contributed by atoms with Crippen LogP contribution < -0.4 is 10.6 Å². The van der Waals surface area contributed by atoms with E-state index in [9.17, 15) is 9.18 Å². The summed E-state index contributed by atoms with van der Waals surface area (Å²) < 4.78 is 13.5. The van der Waals surface area contributed by atoms with E-state index < -0.39 is 11.7 Å². The standard InChI is InChI=1S/C15H16FN3O/c1-10(17-2)11-5-3-4-6-14(11)19-15(20)12-7-8-18-9-13(12)16/h3-10,17H,1-2H3,(H,19,20). The van der Waals surface area contributed by atoms with Gasteiger partial charge in [-0.3, -0.25) is 9.78 Å². The third-order valence-corrected chi connectivity index (χ3v) is 3.13. The molecule has 20 heavy (non-hydrogen) atoms. The molecule has 0 radical (unpaired) electrons. The van der Waals surface area contributed by atoms with Crippen molar-refractivity contribution >= 4 is 11.6 Å². The molecule has 0 fully saturated rings. The second-order valence-electron chi connectivity index (χ2n) is 4.41. The van der Waals surface area contributed by atoms with Crippen molar-refractivity contribution in [2.24, 2.45) is 0 Å². The smallest absolute Gasteiger partial charge is 0.258 e. The van der Waals surface area contributed by atoms with E-state index in [4.69, 9.17) is 0 Å². The van der Waals surface area contributed by atoms with Gasteiger partial charge < -0.3 is 10.6 Å². The zero-order chi connectivity index (χ0) is 14.5. The van der Waals surface area contributed by atoms with Crippen molar-refractivity contribution in [1.82, 2.24) is 10.3 Å². The quantitative estimate of drug-likeness (QED) is 0.900. The second-order valence-corrected chi connectivity index (χ2v) is 4.41. The number of nitrogens with zero attached hydrogens (tertiary/aromatic N) is 1. The maximum absolute atomic E-state index is 13.5. The summed E-state index contributed by atoms with van der Waals surface area (Å²) >= 11 is 0. The van der Waals surface area contributed by atoms with Crippen molar-refractivity contribution in [3.8, 4) is 0 Å². The number of hydrogen-bond donors (Lipinski definition) is 2. The van der Waals surface area contributed by atoms with Crippen molar-refractivity contribution in [2.75, 3.05) is 12.4 Å². The monoisotopic (exact) mass is 273 g/mol. The molecule has 104 valence electrons. The molecule has 0 aliphatic carbocycles. The molecular weight excluding hydrogens is 257 g/mol. The molecule has 2 rings (SSSR count). The van der Waals surface area contributed by atoms with Crippen molar-refractivity contribution < 1.29 is 9.18 Å². The lowest BCUT2D eigenvalue weighted by atomic mass is 10.1. The Kier molecular flexibility index (Phi) is 4.42. The van der Waals surface area contributed by atoms with E-state index in [0.29, 0.717) is 5.69 Å². The van der Waals surface area contributed by atoms with Crippen molar-refractivity contribution in [1.29, 1.82) is 0 Å². The molecule has 0 aliphatic heterocycles. The van der Waals surface area contributed by atoms with Gasteiger partial charge in [-0.2, -0.15) is 0 Å². The summed E-state index contributed by atoms with van der Waals surface area (Å²) in [4.78, 5) is 15.7. The van der Waals surface area contributed by atoms with Gasteiger partial charge in [0, 0.05) is 17.9 Å². The van der Waals surface area contributed by atoms with Crippen molar-refractivity contribution in [2.45, 2.75) is 13.0 Å². The van der Waals surface area contributed by atoms with Crippen LogP contribution in [0.2, 0.25) is 0 Å². The number of anilines is 1. The molecule has 2 N–H and O–H groups in total. The molecule has 0 spiro atoms. The molecule has 1 atom stereocenters. The predicted octanol–water partition coefficient (Wildman–Crippen LogP) is 2.75. The minimum absolute atomic E-state index is 0.0214. The Balaban J connectivity index is 2.27. The zero-order valence-corrected chi connectivity index (χ0v) is 11.4. The number of rotatable bonds is 4. The van der Waals surface area contributed by atoms with Gasteiger partial charge in [-0.25, -0.2) is 4.39 Å². The number of pyridine rings is 1. The summed E-state index contributed by atoms with van der Waals surface area (Å²) in [5, 5.41) is 5.85. The fourth-order valence-corrected chi connectivity index (χ4v) is 1.89. The Morgan fingerprint density at radius 1 is 1.30 bits per heavy atom. The molecule has 4 nitrogen and oxygen atoms in total. The number of hydrogen-bond acceptors (Lipinski definition) is 3. The topological polar surface area (TPSA) is 54.0 Å². The summed E-state index contributed by atoms with van der Waals surface area (Å²) in [6, 6.07) is 8.86. The number of benzene rings is 1. The number of nitrogens with one attached hydrogen (secondary N) is 2. The third-order valence-electron chi connectivity index (χ3n) is 3.13. The second kappa shape index (κ2) is 6.25. The Morgan fingerprint density at radius 2 is 2.05 bits per heavy atom. The van der Waals surface area contributed by atoms with Crippen LogP contribution in [-0.2, 0) is 0 Å². The van der Waals surface area contributed by atoms with E-state index in [-0.39, 0.29) is 11.6 Å². The number of aromatic nitrogens is 1. The normalized spacial score (nSPS) is 11.9. The van der Waals surface area contributed by atoms with Crippen LogP contribution in [0.25, 0.3) is 0 Å². The Hall–Kier alpha value is -2.27. The van der Waals surface area contributed by atoms with Crippen LogP contribution in [0.4, 0.5) is 10.1 Å². The van der Waals surface area contributed by atoms with Gasteiger partial charge in [-0.1, -0.05) is 18.2 Å². The largest absolute Gasteiger partial charge is 0.322 e. The SMILES string of the molecule is CNC(C)c1ccccc1NC(=O)c1ccncc1F. The van der Waals surface area contributed by atoms with Gasteiger partial charge in [-0.15, -0.1) is 0 Å². The highest BCUT2D eigenvalue weighted by Gasteiger charge is 2.14. The molecule has 1 heterocycles. The summed E-state index contributed by atoms with van der Waals surface area (Å²) in [5.41, 5.74) is 1.58. The number of carbonyl (C=O) groups is 1. The van der Waals surface area contributed by atoms with Gasteiger partial charge in [0.2, 0.25) is 0 Å². The first-order valence-corrected chi connectivity index (χ1v) is 6.30. The first-order chi connectivity index (χ1) is 9.63. The van der Waals surface area contributed by atoms with Gasteiger partial charge in [0.15, 0.2) is 5.82 Å². The first kappa shape index (κ1) is 14.1. The highest BCUT2D eigenvalue weighted by molar-refractivity contribution is 6.04. The zero-order valence-electron chi connectivity index (χ0n) is 11.4. The number of halogens is 1. The number of amides is 1. The van der Waals surface area contributed by atoms with E-state index >= 15 is 0 Å². The third kappa shape index (κ3) is 3.00. The fraction of sp³-hybridized carbons (Fsp3) is 0.200. The van der Waals surface area contributed by atoms with Crippen molar-refractivity contribution in [3.63, 3.8) is 0 Å². The van der Waals surface area contributed by atoms with Crippen LogP contribution in [0.15, 0.2) is 42.7 Å². The highest BCUT2D eigenvalue weighted by atomic mass is 19.1. The molecule has 0 bridgehead atoms. The lowest BCUT2D eigenvalue weighted by Gasteiger charge is -2.16. The Morgan fingerprint density at radius 3 is 2.75 bits per heavy atom. The average Bonchev–Trinajstić information content (AvgIpc) is 2.47. The van der Waals surface area contributed by atoms with Crippen LogP contribution in [-0.4, -0.2) is 17.9 Å². The molecule has 0 saturated heterocycles. The Labute approximate surface area is 117 Å². The minimum Gasteiger partial charge on any atom is -0.322 e. The molecule has 1 amide bonds. The lowest BCUT2D eigenvalue weighted by Crippen LogP contribution is -2.18. The van der Waals surface area contributed by atoms with Gasteiger partial charge in [0.25, 0.3) is 5.91 Å². The summed E-state index contributed by atoms with van der Waals surface area (Å²) in [7, 11) is 1.84. The maximum Gasteiger partial charge on any atom is 0.258 e. The van der Waals surface area contributed by atoms with Crippen LogP contribution >= 0.6 is 0 Å². The molecule has 5 heteroatoms. The van der Waals surface area contributed by atoms with Crippen LogP contribution in [0.3, 0.4) is 0 Å². The Bertz CT molecular complexity index is 616. The van der Waals surface area contributed by atoms with E-state index in [2.05, 4.69) is 15.6 Å². The van der Waals surface area contributed by atoms with Gasteiger partial charge in [0.05, 0.1) is 11.8 Å². The summed E-state index contributed by atoms with van der Waals surface area (Å²) in [6.07, 6.45) is 2.41. The van der Waals surface area contributed by atoms with Gasteiger partial charge in [0.1, 0.15) is 0 Å². The van der Waals surface area contributed by atoms with Crippen LogP contribution in [0.5, 0.6) is 0 Å². The van der Waals surface area contributed by atoms with E-state index in [1.807, 2.05) is 32.2 Å². The van der Waals surface area contributed by atoms with E-state index in [1.165, 1.54) is 12.3 Å². The number of carbonyl (C=O) groups excluding carboxylic acids is 1. The molecule has 1 aromatic carbocycles. The predicted molar refractivity (Wildman–Crippen MR) is 76.1 cm³/mol.